The summed E-state index contributed by atoms with van der Waals surface area (Å²) in [7, 11) is -0.917. The number of hydrogen-bond acceptors (Lipinski definition) is 5. The number of nitrogens with one attached hydrogen (secondary N) is 1. The van der Waals surface area contributed by atoms with E-state index in [4.69, 9.17) is 5.73 Å². The molecule has 2 unspecified atom stereocenters. The quantitative estimate of drug-likeness (QED) is 0.787. The maximum Gasteiger partial charge on any atom is 0.270 e. The summed E-state index contributed by atoms with van der Waals surface area (Å²) >= 11 is 1.36. The number of carbonyl (C=O) groups is 1. The minimum atomic E-state index is -0.917. The van der Waals surface area contributed by atoms with Crippen LogP contribution in [0.1, 0.15) is 22.4 Å². The van der Waals surface area contributed by atoms with E-state index in [9.17, 15) is 9.00 Å². The van der Waals surface area contributed by atoms with Crippen LogP contribution in [-0.4, -0.2) is 33.2 Å². The first kappa shape index (κ1) is 13.3. The van der Waals surface area contributed by atoms with Gasteiger partial charge in [0.1, 0.15) is 10.7 Å². The van der Waals surface area contributed by atoms with Gasteiger partial charge >= 0.3 is 0 Å². The number of rotatable bonds is 5. The smallest absolute Gasteiger partial charge is 0.270 e. The molecule has 1 aromatic heterocycles. The van der Waals surface area contributed by atoms with Crippen LogP contribution in [-0.2, 0) is 17.3 Å². The highest BCUT2D eigenvalue weighted by Gasteiger charge is 2.13. The molecule has 0 aliphatic heterocycles. The zero-order valence-electron chi connectivity index (χ0n) is 9.23. The molecule has 1 amide bonds. The Kier molecular flexibility index (Phi) is 5.04. The number of nitrogens with two attached hydrogens (primary N) is 1. The Balaban J connectivity index is 2.54. The third-order valence-corrected chi connectivity index (χ3v) is 3.66. The van der Waals surface area contributed by atoms with Crippen LogP contribution in [0.5, 0.6) is 0 Å². The first-order chi connectivity index (χ1) is 7.52. The molecular weight excluding hydrogens is 246 g/mol. The fraction of sp³-hybridized carbons (Fsp3) is 0.556. The van der Waals surface area contributed by atoms with Gasteiger partial charge in [-0.05, 0) is 6.92 Å². The third-order valence-electron chi connectivity index (χ3n) is 1.82. The minimum absolute atomic E-state index is 0.124. The first-order valence-corrected chi connectivity index (χ1v) is 7.39. The fourth-order valence-corrected chi connectivity index (χ4v) is 2.64. The standard InChI is InChI=1S/C9H15N3O2S2/c1-6(5-16(2)14)11-9(13)7-4-15-8(3-10)12-7/h4,6H,3,5,10H2,1-2H3,(H,11,13). The van der Waals surface area contributed by atoms with Crippen LogP contribution in [0.3, 0.4) is 0 Å². The van der Waals surface area contributed by atoms with Crippen molar-refractivity contribution < 1.29 is 9.00 Å². The average molecular weight is 261 g/mol. The number of amides is 1. The lowest BCUT2D eigenvalue weighted by molar-refractivity contribution is 0.0939. The van der Waals surface area contributed by atoms with Gasteiger partial charge in [0.2, 0.25) is 0 Å². The number of aromatic nitrogens is 1. The Morgan fingerprint density at radius 2 is 2.44 bits per heavy atom. The lowest BCUT2D eigenvalue weighted by Crippen LogP contribution is -2.36. The summed E-state index contributed by atoms with van der Waals surface area (Å²) in [6.07, 6.45) is 1.61. The molecule has 90 valence electrons. The van der Waals surface area contributed by atoms with E-state index in [0.717, 1.165) is 5.01 Å². The van der Waals surface area contributed by atoms with Crippen molar-refractivity contribution in [2.45, 2.75) is 19.5 Å². The Bertz CT molecular complexity index is 392. The van der Waals surface area contributed by atoms with E-state index in [1.807, 2.05) is 6.92 Å². The molecule has 0 saturated heterocycles. The third kappa shape index (κ3) is 3.99. The van der Waals surface area contributed by atoms with Gasteiger partial charge < -0.3 is 11.1 Å². The fourth-order valence-electron chi connectivity index (χ4n) is 1.20. The second kappa shape index (κ2) is 6.07. The van der Waals surface area contributed by atoms with Crippen molar-refractivity contribution in [3.63, 3.8) is 0 Å². The molecule has 16 heavy (non-hydrogen) atoms. The van der Waals surface area contributed by atoms with Gasteiger partial charge in [-0.2, -0.15) is 0 Å². The van der Waals surface area contributed by atoms with Crippen LogP contribution in [0, 0.1) is 0 Å². The van der Waals surface area contributed by atoms with Gasteiger partial charge in [0.05, 0.1) is 0 Å². The van der Waals surface area contributed by atoms with Crippen molar-refractivity contribution in [2.24, 2.45) is 5.73 Å². The van der Waals surface area contributed by atoms with E-state index in [0.29, 0.717) is 18.0 Å². The molecule has 0 aliphatic carbocycles. The number of nitrogens with zero attached hydrogens (tertiary/aromatic N) is 1. The van der Waals surface area contributed by atoms with Crippen molar-refractivity contribution >= 4 is 28.0 Å². The highest BCUT2D eigenvalue weighted by Crippen LogP contribution is 2.08. The Hall–Kier alpha value is -0.790. The van der Waals surface area contributed by atoms with Crippen LogP contribution in [0.2, 0.25) is 0 Å². The van der Waals surface area contributed by atoms with E-state index in [-0.39, 0.29) is 11.9 Å². The number of thiazole rings is 1. The van der Waals surface area contributed by atoms with E-state index in [1.54, 1.807) is 11.6 Å². The van der Waals surface area contributed by atoms with E-state index < -0.39 is 10.8 Å². The molecule has 0 radical (unpaired) electrons. The van der Waals surface area contributed by atoms with Crippen molar-refractivity contribution in [3.8, 4) is 0 Å². The molecule has 0 saturated carbocycles. The molecule has 0 aliphatic rings. The minimum Gasteiger partial charge on any atom is -0.347 e. The van der Waals surface area contributed by atoms with Gasteiger partial charge in [0.25, 0.3) is 5.91 Å². The van der Waals surface area contributed by atoms with Crippen LogP contribution in [0.4, 0.5) is 0 Å². The van der Waals surface area contributed by atoms with Crippen LogP contribution < -0.4 is 11.1 Å². The molecular formula is C9H15N3O2S2. The summed E-state index contributed by atoms with van der Waals surface area (Å²) in [5.74, 6) is 0.202. The second-order valence-electron chi connectivity index (χ2n) is 3.44. The molecule has 1 heterocycles. The molecule has 1 rings (SSSR count). The molecule has 1 aromatic rings. The van der Waals surface area contributed by atoms with Gasteiger partial charge in [0.15, 0.2) is 0 Å². The van der Waals surface area contributed by atoms with Gasteiger partial charge in [0, 0.05) is 40.8 Å². The highest BCUT2D eigenvalue weighted by molar-refractivity contribution is 7.84. The molecule has 7 heteroatoms. The van der Waals surface area contributed by atoms with E-state index in [2.05, 4.69) is 10.3 Å². The lowest BCUT2D eigenvalue weighted by atomic mass is 10.3. The summed E-state index contributed by atoms with van der Waals surface area (Å²) in [6.45, 7) is 2.15. The Morgan fingerprint density at radius 1 is 1.75 bits per heavy atom. The summed E-state index contributed by atoms with van der Waals surface area (Å²) in [4.78, 5) is 15.7. The predicted molar refractivity (Wildman–Crippen MR) is 65.9 cm³/mol. The van der Waals surface area contributed by atoms with Gasteiger partial charge in [-0.15, -0.1) is 11.3 Å². The summed E-state index contributed by atoms with van der Waals surface area (Å²) in [6, 6.07) is -0.124. The van der Waals surface area contributed by atoms with Crippen LogP contribution in [0.15, 0.2) is 5.38 Å². The van der Waals surface area contributed by atoms with Crippen molar-refractivity contribution in [2.75, 3.05) is 12.0 Å². The van der Waals surface area contributed by atoms with E-state index >= 15 is 0 Å². The number of carbonyl (C=O) groups excluding carboxylic acids is 1. The molecule has 0 aromatic carbocycles. The normalized spacial score (nSPS) is 14.4. The zero-order valence-corrected chi connectivity index (χ0v) is 10.9. The number of hydrogen-bond donors (Lipinski definition) is 2. The molecule has 0 fully saturated rings. The van der Waals surface area contributed by atoms with Gasteiger partial charge in [-0.3, -0.25) is 9.00 Å². The highest BCUT2D eigenvalue weighted by atomic mass is 32.2. The second-order valence-corrected chi connectivity index (χ2v) is 5.87. The average Bonchev–Trinajstić information content (AvgIpc) is 2.64. The first-order valence-electron chi connectivity index (χ1n) is 4.78. The SMILES string of the molecule is CC(CS(C)=O)NC(=O)c1csc(CN)n1. The van der Waals surface area contributed by atoms with Gasteiger partial charge in [-0.1, -0.05) is 0 Å². The van der Waals surface area contributed by atoms with Crippen molar-refractivity contribution in [1.82, 2.24) is 10.3 Å². The van der Waals surface area contributed by atoms with Gasteiger partial charge in [-0.25, -0.2) is 4.98 Å². The molecule has 5 nitrogen and oxygen atoms in total. The molecule has 0 bridgehead atoms. The lowest BCUT2D eigenvalue weighted by Gasteiger charge is -2.10. The van der Waals surface area contributed by atoms with Crippen LogP contribution in [0.25, 0.3) is 0 Å². The summed E-state index contributed by atoms with van der Waals surface area (Å²) < 4.78 is 11.0. The predicted octanol–water partition coefficient (Wildman–Crippen LogP) is 0.0986. The molecule has 2 atom stereocenters. The molecule has 0 spiro atoms. The monoisotopic (exact) mass is 261 g/mol. The summed E-state index contributed by atoms with van der Waals surface area (Å²) in [5.41, 5.74) is 5.78. The van der Waals surface area contributed by atoms with E-state index in [1.165, 1.54) is 11.3 Å². The Labute approximate surface area is 101 Å². The maximum absolute atomic E-state index is 11.7. The maximum atomic E-state index is 11.7. The van der Waals surface area contributed by atoms with Crippen LogP contribution >= 0.6 is 11.3 Å². The van der Waals surface area contributed by atoms with Crippen molar-refractivity contribution in [3.05, 3.63) is 16.1 Å². The topological polar surface area (TPSA) is 85.1 Å². The summed E-state index contributed by atoms with van der Waals surface area (Å²) in [5, 5.41) is 5.14. The van der Waals surface area contributed by atoms with Crippen molar-refractivity contribution in [1.29, 1.82) is 0 Å². The Morgan fingerprint density at radius 3 is 2.94 bits per heavy atom. The molecule has 3 N–H and O–H groups in total. The zero-order chi connectivity index (χ0) is 12.1. The largest absolute Gasteiger partial charge is 0.347 e.